The van der Waals surface area contributed by atoms with E-state index in [1.165, 1.54) is 55.2 Å². The van der Waals surface area contributed by atoms with Crippen LogP contribution in [0.25, 0.3) is 0 Å². The van der Waals surface area contributed by atoms with Crippen molar-refractivity contribution in [3.63, 3.8) is 0 Å². The summed E-state index contributed by atoms with van der Waals surface area (Å²) in [7, 11) is 0. The highest BCUT2D eigenvalue weighted by atomic mass is 16.2. The number of hydrogen-bond donors (Lipinski definition) is 1. The largest absolute Gasteiger partial charge is 0.324 e. The fourth-order valence-corrected chi connectivity index (χ4v) is 7.17. The van der Waals surface area contributed by atoms with E-state index in [1.807, 2.05) is 6.07 Å². The highest BCUT2D eigenvalue weighted by molar-refractivity contribution is 5.96. The summed E-state index contributed by atoms with van der Waals surface area (Å²) in [5.74, 6) is 0.542. The highest BCUT2D eigenvalue weighted by Crippen LogP contribution is 2.24. The average molecular weight is 591 g/mol. The summed E-state index contributed by atoms with van der Waals surface area (Å²) in [6, 6.07) is 12.5. The molecule has 0 saturated carbocycles. The number of carbonyl (C=O) groups is 2. The Labute approximate surface area is 263 Å². The number of aryl methyl sites for hydroxylation is 4. The molecule has 3 rings (SSSR count). The lowest BCUT2D eigenvalue weighted by molar-refractivity contribution is -0.919. The van der Waals surface area contributed by atoms with E-state index in [1.54, 1.807) is 0 Å². The number of nitrogens with one attached hydrogen (secondary N) is 1. The molecule has 0 spiro atoms. The van der Waals surface area contributed by atoms with E-state index in [0.29, 0.717) is 18.7 Å². The molecule has 0 aliphatic carbocycles. The zero-order chi connectivity index (χ0) is 31.2. The highest BCUT2D eigenvalue weighted by Gasteiger charge is 2.29. The Morgan fingerprint density at radius 1 is 0.814 bits per heavy atom. The molecule has 1 aliphatic rings. The molecule has 0 radical (unpaired) electrons. The zero-order valence-electron chi connectivity index (χ0n) is 28.3. The van der Waals surface area contributed by atoms with Crippen LogP contribution in [0.5, 0.6) is 0 Å². The molecule has 1 aliphatic heterocycles. The normalized spacial score (nSPS) is 17.0. The van der Waals surface area contributed by atoms with Crippen LogP contribution in [0.2, 0.25) is 0 Å². The van der Waals surface area contributed by atoms with Crippen LogP contribution in [0, 0.1) is 27.7 Å². The average Bonchev–Trinajstić information content (AvgIpc) is 2.98. The van der Waals surface area contributed by atoms with Crippen LogP contribution in [0.1, 0.15) is 106 Å². The second-order valence-corrected chi connectivity index (χ2v) is 13.3. The lowest BCUT2D eigenvalue weighted by Crippen LogP contribution is -2.52. The van der Waals surface area contributed by atoms with Gasteiger partial charge >= 0.3 is 0 Å². The summed E-state index contributed by atoms with van der Waals surface area (Å²) in [6.07, 6.45) is 12.3. The van der Waals surface area contributed by atoms with Gasteiger partial charge < -0.3 is 9.80 Å². The van der Waals surface area contributed by atoms with Crippen LogP contribution in [0.15, 0.2) is 36.4 Å². The van der Waals surface area contributed by atoms with Crippen molar-refractivity contribution in [2.24, 2.45) is 0 Å². The van der Waals surface area contributed by atoms with Gasteiger partial charge in [-0.2, -0.15) is 0 Å². The monoisotopic (exact) mass is 590 g/mol. The minimum atomic E-state index is -0.0105. The van der Waals surface area contributed by atoms with E-state index in [9.17, 15) is 9.59 Å². The van der Waals surface area contributed by atoms with Gasteiger partial charge in [-0.1, -0.05) is 69.0 Å². The Kier molecular flexibility index (Phi) is 14.4. The number of para-hydroxylation sites is 1. The Bertz CT molecular complexity index is 1140. The molecule has 5 heteroatoms. The second-order valence-electron chi connectivity index (χ2n) is 13.3. The number of piperidine rings is 1. The number of unbranched alkanes of at least 4 members (excludes halogenated alkanes) is 5. The summed E-state index contributed by atoms with van der Waals surface area (Å²) in [4.78, 5) is 28.9. The van der Waals surface area contributed by atoms with Gasteiger partial charge in [0.05, 0.1) is 25.7 Å². The smallest absolute Gasteiger partial charge is 0.241 e. The van der Waals surface area contributed by atoms with Gasteiger partial charge in [0.15, 0.2) is 5.78 Å². The molecule has 2 aromatic rings. The number of likely N-dealkylation sites (tertiary alicyclic amines) is 1. The number of Topliss-reactive ketones (excluding diaryl/α,β-unsaturated/α-hetero) is 1. The molecule has 1 unspecified atom stereocenters. The zero-order valence-corrected chi connectivity index (χ0v) is 28.3. The molecule has 0 bridgehead atoms. The molecule has 1 N–H and O–H groups in total. The maximum atomic E-state index is 13.3. The summed E-state index contributed by atoms with van der Waals surface area (Å²) in [5.41, 5.74) is 6.92. The number of benzene rings is 2. The van der Waals surface area contributed by atoms with Gasteiger partial charge in [0.2, 0.25) is 5.91 Å². The molecular formula is C38H60N3O2+. The van der Waals surface area contributed by atoms with E-state index >= 15 is 0 Å². The van der Waals surface area contributed by atoms with E-state index < -0.39 is 0 Å². The summed E-state index contributed by atoms with van der Waals surface area (Å²) >= 11 is 0. The SMILES string of the molecule is CCC[N+](CC)(CCCCCCCCN1CCCC[C@H]1C(=O)Nc1c(C)cccc1C)CC(=O)Cc1c(C)cccc1C. The number of rotatable bonds is 18. The van der Waals surface area contributed by atoms with Crippen LogP contribution < -0.4 is 5.32 Å². The van der Waals surface area contributed by atoms with Crippen molar-refractivity contribution in [2.75, 3.05) is 44.6 Å². The Balaban J connectivity index is 1.39. The van der Waals surface area contributed by atoms with Crippen LogP contribution in [0.3, 0.4) is 0 Å². The molecule has 1 saturated heterocycles. The third-order valence-electron chi connectivity index (χ3n) is 9.87. The van der Waals surface area contributed by atoms with Crippen LogP contribution in [-0.4, -0.2) is 66.4 Å². The van der Waals surface area contributed by atoms with Crippen molar-refractivity contribution < 1.29 is 14.1 Å². The summed E-state index contributed by atoms with van der Waals surface area (Å²) in [5, 5.41) is 3.25. The molecule has 5 nitrogen and oxygen atoms in total. The number of anilines is 1. The third-order valence-corrected chi connectivity index (χ3v) is 9.87. The molecule has 1 heterocycles. The third kappa shape index (κ3) is 10.6. The van der Waals surface area contributed by atoms with Gasteiger partial charge in [-0.3, -0.25) is 14.5 Å². The van der Waals surface area contributed by atoms with Crippen LogP contribution >= 0.6 is 0 Å². The van der Waals surface area contributed by atoms with Crippen LogP contribution in [0.4, 0.5) is 5.69 Å². The molecule has 238 valence electrons. The first kappa shape index (κ1) is 35.0. The minimum Gasteiger partial charge on any atom is -0.324 e. The maximum Gasteiger partial charge on any atom is 0.241 e. The number of hydrogen-bond acceptors (Lipinski definition) is 3. The number of quaternary nitrogens is 1. The second kappa shape index (κ2) is 17.7. The fourth-order valence-electron chi connectivity index (χ4n) is 7.17. The van der Waals surface area contributed by atoms with Gasteiger partial charge in [0, 0.05) is 12.1 Å². The lowest BCUT2D eigenvalue weighted by atomic mass is 9.97. The first-order chi connectivity index (χ1) is 20.7. The van der Waals surface area contributed by atoms with Crippen molar-refractivity contribution in [1.82, 2.24) is 4.90 Å². The number of carbonyl (C=O) groups excluding carboxylic acids is 2. The van der Waals surface area contributed by atoms with E-state index in [-0.39, 0.29) is 11.9 Å². The Morgan fingerprint density at radius 2 is 1.42 bits per heavy atom. The van der Waals surface area contributed by atoms with E-state index in [0.717, 1.165) is 79.7 Å². The van der Waals surface area contributed by atoms with Gasteiger partial charge in [0.1, 0.15) is 6.54 Å². The number of ketones is 1. The summed E-state index contributed by atoms with van der Waals surface area (Å²) in [6.45, 7) is 18.8. The van der Waals surface area contributed by atoms with Crippen LogP contribution in [-0.2, 0) is 16.0 Å². The quantitative estimate of drug-likeness (QED) is 0.141. The molecule has 43 heavy (non-hydrogen) atoms. The molecular weight excluding hydrogens is 530 g/mol. The molecule has 2 aromatic carbocycles. The topological polar surface area (TPSA) is 49.4 Å². The minimum absolute atomic E-state index is 0.0105. The maximum absolute atomic E-state index is 13.3. The van der Waals surface area contributed by atoms with Gasteiger partial charge in [-0.25, -0.2) is 0 Å². The van der Waals surface area contributed by atoms with E-state index in [4.69, 9.17) is 0 Å². The van der Waals surface area contributed by atoms with E-state index in [2.05, 4.69) is 82.1 Å². The molecule has 1 amide bonds. The standard InChI is InChI=1S/C38H59N3O2/c1-7-26-41(8-2,29-34(42)28-35-30(3)19-17-20-31(35)4)27-16-12-10-9-11-14-24-40-25-15-13-23-36(40)38(43)39-37-32(5)21-18-22-33(37)6/h17-22,36H,7-16,23-29H2,1-6H3/p+1/t36-,41?/m0/s1. The Hall–Kier alpha value is -2.50. The summed E-state index contributed by atoms with van der Waals surface area (Å²) < 4.78 is 0.931. The van der Waals surface area contributed by atoms with Crippen molar-refractivity contribution in [1.29, 1.82) is 0 Å². The fraction of sp³-hybridized carbons (Fsp3) is 0.632. The van der Waals surface area contributed by atoms with Crippen molar-refractivity contribution in [3.8, 4) is 0 Å². The Morgan fingerprint density at radius 3 is 2.05 bits per heavy atom. The first-order valence-electron chi connectivity index (χ1n) is 17.2. The first-order valence-corrected chi connectivity index (χ1v) is 17.2. The van der Waals surface area contributed by atoms with Gasteiger partial charge in [0.25, 0.3) is 0 Å². The van der Waals surface area contributed by atoms with Gasteiger partial charge in [-0.15, -0.1) is 0 Å². The lowest BCUT2D eigenvalue weighted by Gasteiger charge is -2.37. The predicted octanol–water partition coefficient (Wildman–Crippen LogP) is 8.11. The van der Waals surface area contributed by atoms with Crippen molar-refractivity contribution in [2.45, 2.75) is 118 Å². The van der Waals surface area contributed by atoms with Crippen molar-refractivity contribution >= 4 is 17.4 Å². The van der Waals surface area contributed by atoms with Crippen molar-refractivity contribution in [3.05, 3.63) is 64.2 Å². The number of nitrogens with zero attached hydrogens (tertiary/aromatic N) is 2. The predicted molar refractivity (Wildman–Crippen MR) is 182 cm³/mol. The molecule has 1 fully saturated rings. The molecule has 2 atom stereocenters. The number of amides is 1. The van der Waals surface area contributed by atoms with Gasteiger partial charge in [-0.05, 0) is 114 Å². The molecule has 0 aromatic heterocycles. The number of likely N-dealkylation sites (N-methyl/N-ethyl adjacent to an activating group) is 1.